The molecule has 0 saturated carbocycles. The molecule has 0 aliphatic carbocycles. The van der Waals surface area contributed by atoms with E-state index in [9.17, 15) is 0 Å². The van der Waals surface area contributed by atoms with Gasteiger partial charge in [-0.25, -0.2) is 0 Å². The highest BCUT2D eigenvalue weighted by Crippen LogP contribution is 2.25. The van der Waals surface area contributed by atoms with Crippen LogP contribution in [-0.2, 0) is 6.54 Å². The van der Waals surface area contributed by atoms with Crippen LogP contribution in [0.15, 0.2) is 60.8 Å². The normalized spacial score (nSPS) is 10.4. The Hall–Kier alpha value is -2.08. The van der Waals surface area contributed by atoms with Crippen LogP contribution in [0.5, 0.6) is 0 Å². The van der Waals surface area contributed by atoms with Crippen molar-refractivity contribution in [2.45, 2.75) is 6.54 Å². The van der Waals surface area contributed by atoms with Gasteiger partial charge in [-0.2, -0.15) is 5.10 Å². The highest BCUT2D eigenvalue weighted by atomic mass is 35.5. The van der Waals surface area contributed by atoms with Crippen molar-refractivity contribution in [1.82, 2.24) is 9.78 Å². The third-order valence-corrected chi connectivity index (χ3v) is 4.00. The Labute approximate surface area is 155 Å². The van der Waals surface area contributed by atoms with Crippen molar-refractivity contribution in [2.75, 3.05) is 10.6 Å². The smallest absolute Gasteiger partial charge is 0.176 e. The summed E-state index contributed by atoms with van der Waals surface area (Å²) in [7, 11) is 0. The molecule has 3 rings (SSSR count). The van der Waals surface area contributed by atoms with Crippen LogP contribution < -0.4 is 10.6 Å². The molecule has 122 valence electrons. The van der Waals surface area contributed by atoms with Gasteiger partial charge in [-0.05, 0) is 36.0 Å². The molecule has 2 N–H and O–H groups in total. The van der Waals surface area contributed by atoms with Crippen LogP contribution in [0.1, 0.15) is 5.56 Å². The van der Waals surface area contributed by atoms with E-state index >= 15 is 0 Å². The quantitative estimate of drug-likeness (QED) is 0.625. The molecule has 2 aromatic carbocycles. The minimum absolute atomic E-state index is 0.407. The van der Waals surface area contributed by atoms with Crippen LogP contribution in [0.25, 0.3) is 0 Å². The van der Waals surface area contributed by atoms with E-state index in [1.165, 1.54) is 5.56 Å². The molecule has 0 spiro atoms. The first-order valence-electron chi connectivity index (χ1n) is 7.20. The molecule has 1 aromatic heterocycles. The highest BCUT2D eigenvalue weighted by molar-refractivity contribution is 7.80. The van der Waals surface area contributed by atoms with E-state index in [0.29, 0.717) is 33.2 Å². The van der Waals surface area contributed by atoms with Gasteiger partial charge in [0.05, 0.1) is 17.3 Å². The Kier molecular flexibility index (Phi) is 5.35. The summed E-state index contributed by atoms with van der Waals surface area (Å²) in [5, 5.41) is 12.0. The lowest BCUT2D eigenvalue weighted by atomic mass is 10.2. The number of hydrogen-bond acceptors (Lipinski definition) is 2. The first-order chi connectivity index (χ1) is 11.6. The Morgan fingerprint density at radius 2 is 1.83 bits per heavy atom. The number of halogens is 2. The second kappa shape index (κ2) is 7.66. The van der Waals surface area contributed by atoms with Crippen molar-refractivity contribution in [3.05, 3.63) is 76.4 Å². The van der Waals surface area contributed by atoms with Crippen molar-refractivity contribution in [1.29, 1.82) is 0 Å². The molecule has 0 radical (unpaired) electrons. The van der Waals surface area contributed by atoms with Gasteiger partial charge in [-0.3, -0.25) is 4.68 Å². The lowest BCUT2D eigenvalue weighted by Crippen LogP contribution is -2.19. The van der Waals surface area contributed by atoms with Gasteiger partial charge in [0, 0.05) is 17.3 Å². The minimum atomic E-state index is 0.407. The van der Waals surface area contributed by atoms with Gasteiger partial charge >= 0.3 is 0 Å². The Bertz CT molecular complexity index is 849. The van der Waals surface area contributed by atoms with Gasteiger partial charge in [0.15, 0.2) is 10.9 Å². The molecule has 0 amide bonds. The number of nitrogens with one attached hydrogen (secondary N) is 2. The number of hydrogen-bond donors (Lipinski definition) is 2. The second-order valence-electron chi connectivity index (χ2n) is 5.09. The SMILES string of the molecule is S=C(Nc1ccn(Cc2ccccc2)n1)Nc1ccc(Cl)cc1Cl. The van der Waals surface area contributed by atoms with E-state index in [1.54, 1.807) is 18.2 Å². The summed E-state index contributed by atoms with van der Waals surface area (Å²) in [6.07, 6.45) is 1.90. The molecule has 0 aliphatic rings. The lowest BCUT2D eigenvalue weighted by Gasteiger charge is -2.10. The fraction of sp³-hybridized carbons (Fsp3) is 0.0588. The maximum Gasteiger partial charge on any atom is 0.176 e. The average Bonchev–Trinajstić information content (AvgIpc) is 2.98. The van der Waals surface area contributed by atoms with Crippen molar-refractivity contribution in [3.8, 4) is 0 Å². The monoisotopic (exact) mass is 376 g/mol. The van der Waals surface area contributed by atoms with E-state index in [2.05, 4.69) is 27.9 Å². The highest BCUT2D eigenvalue weighted by Gasteiger charge is 2.06. The zero-order valence-corrected chi connectivity index (χ0v) is 14.9. The van der Waals surface area contributed by atoms with Crippen LogP contribution in [-0.4, -0.2) is 14.9 Å². The fourth-order valence-corrected chi connectivity index (χ4v) is 2.82. The van der Waals surface area contributed by atoms with Crippen LogP contribution in [0, 0.1) is 0 Å². The topological polar surface area (TPSA) is 41.9 Å². The molecule has 0 atom stereocenters. The van der Waals surface area contributed by atoms with Crippen LogP contribution in [0.4, 0.5) is 11.5 Å². The maximum absolute atomic E-state index is 6.12. The predicted octanol–water partition coefficient (Wildman–Crippen LogP) is 5.05. The summed E-state index contributed by atoms with van der Waals surface area (Å²) in [6.45, 7) is 0.700. The number of rotatable bonds is 4. The first-order valence-corrected chi connectivity index (χ1v) is 8.37. The maximum atomic E-state index is 6.12. The van der Waals surface area contributed by atoms with Crippen LogP contribution in [0.3, 0.4) is 0 Å². The standard InChI is InChI=1S/C17H14Cl2N4S/c18-13-6-7-15(14(19)10-13)20-17(24)21-16-8-9-23(22-16)11-12-4-2-1-3-5-12/h1-10H,11H2,(H2,20,21,22,24). The van der Waals surface area contributed by atoms with Gasteiger partial charge in [-0.1, -0.05) is 53.5 Å². The molecule has 4 nitrogen and oxygen atoms in total. The van der Waals surface area contributed by atoms with Crippen molar-refractivity contribution < 1.29 is 0 Å². The number of thiocarbonyl (C=S) groups is 1. The number of anilines is 2. The summed E-state index contributed by atoms with van der Waals surface area (Å²) in [5.41, 5.74) is 1.86. The molecule has 0 unspecified atom stereocenters. The van der Waals surface area contributed by atoms with E-state index in [-0.39, 0.29) is 0 Å². The molecule has 0 bridgehead atoms. The van der Waals surface area contributed by atoms with Gasteiger partial charge in [-0.15, -0.1) is 0 Å². The fourth-order valence-electron chi connectivity index (χ4n) is 2.15. The van der Waals surface area contributed by atoms with E-state index in [0.717, 1.165) is 0 Å². The third-order valence-electron chi connectivity index (χ3n) is 3.25. The third kappa shape index (κ3) is 4.47. The van der Waals surface area contributed by atoms with E-state index < -0.39 is 0 Å². The van der Waals surface area contributed by atoms with Crippen molar-refractivity contribution in [2.24, 2.45) is 0 Å². The van der Waals surface area contributed by atoms with Crippen molar-refractivity contribution in [3.63, 3.8) is 0 Å². The molecule has 7 heteroatoms. The molecule has 0 saturated heterocycles. The van der Waals surface area contributed by atoms with E-state index in [1.807, 2.05) is 35.1 Å². The Morgan fingerprint density at radius 3 is 2.58 bits per heavy atom. The van der Waals surface area contributed by atoms with Gasteiger partial charge in [0.2, 0.25) is 0 Å². The largest absolute Gasteiger partial charge is 0.331 e. The summed E-state index contributed by atoms with van der Waals surface area (Å²) < 4.78 is 1.84. The molecule has 3 aromatic rings. The van der Waals surface area contributed by atoms with Crippen LogP contribution >= 0.6 is 35.4 Å². The summed E-state index contributed by atoms with van der Waals surface area (Å²) in [6, 6.07) is 17.2. The Morgan fingerprint density at radius 1 is 1.04 bits per heavy atom. The molecule has 0 fully saturated rings. The van der Waals surface area contributed by atoms with E-state index in [4.69, 9.17) is 35.4 Å². The van der Waals surface area contributed by atoms with Gasteiger partial charge < -0.3 is 10.6 Å². The molecular weight excluding hydrogens is 363 g/mol. The van der Waals surface area contributed by atoms with Crippen LogP contribution in [0.2, 0.25) is 10.0 Å². The molecular formula is C17H14Cl2N4S. The molecule has 24 heavy (non-hydrogen) atoms. The molecule has 1 heterocycles. The number of aromatic nitrogens is 2. The first kappa shape index (κ1) is 16.8. The number of benzene rings is 2. The van der Waals surface area contributed by atoms with Gasteiger partial charge in [0.25, 0.3) is 0 Å². The minimum Gasteiger partial charge on any atom is -0.331 e. The Balaban J connectivity index is 1.61. The predicted molar refractivity (Wildman–Crippen MR) is 104 cm³/mol. The lowest BCUT2D eigenvalue weighted by molar-refractivity contribution is 0.690. The number of nitrogens with zero attached hydrogens (tertiary/aromatic N) is 2. The van der Waals surface area contributed by atoms with Gasteiger partial charge in [0.1, 0.15) is 0 Å². The second-order valence-corrected chi connectivity index (χ2v) is 6.34. The summed E-state index contributed by atoms with van der Waals surface area (Å²) in [4.78, 5) is 0. The summed E-state index contributed by atoms with van der Waals surface area (Å²) in [5.74, 6) is 0.661. The molecule has 0 aliphatic heterocycles. The average molecular weight is 377 g/mol. The zero-order chi connectivity index (χ0) is 16.9. The zero-order valence-electron chi connectivity index (χ0n) is 12.5. The summed E-state index contributed by atoms with van der Waals surface area (Å²) >= 11 is 17.3. The van der Waals surface area contributed by atoms with Crippen molar-refractivity contribution >= 4 is 52.0 Å².